The molecule has 0 amide bonds. The molecule has 0 rings (SSSR count). The van der Waals surface area contributed by atoms with Crippen molar-refractivity contribution in [2.45, 2.75) is 17.6 Å². The SMILES string of the molecule is CO[Si](OC)(OC)C(F)(C(F)(F)F)C(F)(F)F. The van der Waals surface area contributed by atoms with Gasteiger partial charge in [-0.15, -0.1) is 0 Å². The molecule has 0 aromatic carbocycles. The first-order chi connectivity index (χ1) is 7.43. The molecule has 0 atom stereocenters. The van der Waals surface area contributed by atoms with Crippen LogP contribution in [0, 0.1) is 0 Å². The molecule has 17 heavy (non-hydrogen) atoms. The molecular formula is C6H9F7O3Si. The Morgan fingerprint density at radius 3 is 0.941 bits per heavy atom. The van der Waals surface area contributed by atoms with E-state index in [0.717, 1.165) is 0 Å². The molecule has 0 aliphatic rings. The minimum absolute atomic E-state index is 0.449. The van der Waals surface area contributed by atoms with Crippen LogP contribution in [0.5, 0.6) is 0 Å². The molecule has 0 aromatic rings. The molecule has 3 nitrogen and oxygen atoms in total. The van der Waals surface area contributed by atoms with Crippen LogP contribution in [0.25, 0.3) is 0 Å². The monoisotopic (exact) mass is 290 g/mol. The highest BCUT2D eigenvalue weighted by atomic mass is 28.4. The Morgan fingerprint density at radius 1 is 0.647 bits per heavy atom. The average molecular weight is 290 g/mol. The first kappa shape index (κ1) is 16.6. The Kier molecular flexibility index (Phi) is 4.59. The summed E-state index contributed by atoms with van der Waals surface area (Å²) in [5.41, 5.74) is 0. The standard InChI is InChI=1S/C6H9F7O3Si/c1-14-17(15-2,16-3)4(7,5(8,9)10)6(11,12)13/h1-3H3. The van der Waals surface area contributed by atoms with Crippen LogP contribution in [-0.4, -0.2) is 47.8 Å². The van der Waals surface area contributed by atoms with E-state index in [-0.39, 0.29) is 0 Å². The molecule has 104 valence electrons. The van der Waals surface area contributed by atoms with Crippen molar-refractivity contribution in [3.05, 3.63) is 0 Å². The van der Waals surface area contributed by atoms with E-state index in [0.29, 0.717) is 21.3 Å². The fourth-order valence-corrected chi connectivity index (χ4v) is 3.22. The lowest BCUT2D eigenvalue weighted by atomic mass is 10.3. The van der Waals surface area contributed by atoms with Crippen LogP contribution in [0.2, 0.25) is 0 Å². The van der Waals surface area contributed by atoms with Crippen LogP contribution in [0.4, 0.5) is 30.7 Å². The number of halogens is 7. The van der Waals surface area contributed by atoms with E-state index in [1.807, 2.05) is 0 Å². The predicted molar refractivity (Wildman–Crippen MR) is 42.7 cm³/mol. The Labute approximate surface area is 92.8 Å². The van der Waals surface area contributed by atoms with Gasteiger partial charge >= 0.3 is 26.4 Å². The molecule has 0 saturated carbocycles. The highest BCUT2D eigenvalue weighted by Gasteiger charge is 2.87. The van der Waals surface area contributed by atoms with E-state index in [9.17, 15) is 30.7 Å². The van der Waals surface area contributed by atoms with Crippen LogP contribution >= 0.6 is 0 Å². The molecule has 11 heteroatoms. The summed E-state index contributed by atoms with van der Waals surface area (Å²) < 4.78 is 99.5. The maximum Gasteiger partial charge on any atom is 0.559 e. The molecule has 0 N–H and O–H groups in total. The van der Waals surface area contributed by atoms with Crippen LogP contribution in [0.1, 0.15) is 0 Å². The molecule has 0 heterocycles. The van der Waals surface area contributed by atoms with Crippen molar-refractivity contribution >= 4 is 8.80 Å². The van der Waals surface area contributed by atoms with E-state index >= 15 is 0 Å². The highest BCUT2D eigenvalue weighted by Crippen LogP contribution is 2.51. The number of hydrogen-bond acceptors (Lipinski definition) is 3. The third-order valence-corrected chi connectivity index (χ3v) is 5.03. The molecule has 0 aromatic heterocycles. The molecule has 0 aliphatic carbocycles. The summed E-state index contributed by atoms with van der Waals surface area (Å²) in [6, 6.07) is 0. The van der Waals surface area contributed by atoms with E-state index in [1.165, 1.54) is 0 Å². The zero-order valence-corrected chi connectivity index (χ0v) is 9.87. The van der Waals surface area contributed by atoms with Crippen LogP contribution < -0.4 is 0 Å². The van der Waals surface area contributed by atoms with Gasteiger partial charge in [0.05, 0.1) is 0 Å². The zero-order valence-electron chi connectivity index (χ0n) is 8.87. The number of alkyl halides is 7. The van der Waals surface area contributed by atoms with Gasteiger partial charge < -0.3 is 13.3 Å². The lowest BCUT2D eigenvalue weighted by molar-refractivity contribution is -0.326. The van der Waals surface area contributed by atoms with Crippen molar-refractivity contribution in [1.29, 1.82) is 0 Å². The fraction of sp³-hybridized carbons (Fsp3) is 1.00. The molecule has 0 aliphatic heterocycles. The summed E-state index contributed by atoms with van der Waals surface area (Å²) in [5, 5.41) is -5.69. The predicted octanol–water partition coefficient (Wildman–Crippen LogP) is 2.24. The molecule has 0 spiro atoms. The smallest absolute Gasteiger partial charge is 0.375 e. The topological polar surface area (TPSA) is 27.7 Å². The normalized spacial score (nSPS) is 15.2. The minimum atomic E-state index is -6.28. The molecule has 0 unspecified atom stereocenters. The maximum absolute atomic E-state index is 13.6. The minimum Gasteiger partial charge on any atom is -0.375 e. The van der Waals surface area contributed by atoms with Gasteiger partial charge in [-0.1, -0.05) is 0 Å². The maximum atomic E-state index is 13.6. The van der Waals surface area contributed by atoms with Gasteiger partial charge in [-0.25, -0.2) is 4.39 Å². The van der Waals surface area contributed by atoms with Gasteiger partial charge in [-0.2, -0.15) is 26.3 Å². The molecule has 0 radical (unpaired) electrons. The van der Waals surface area contributed by atoms with Gasteiger partial charge in [0, 0.05) is 21.3 Å². The van der Waals surface area contributed by atoms with Crippen molar-refractivity contribution in [2.75, 3.05) is 21.3 Å². The zero-order chi connectivity index (χ0) is 14.1. The lowest BCUT2D eigenvalue weighted by Crippen LogP contribution is -2.74. The molecule has 0 saturated heterocycles. The van der Waals surface area contributed by atoms with Crippen molar-refractivity contribution in [3.8, 4) is 0 Å². The van der Waals surface area contributed by atoms with E-state index in [2.05, 4.69) is 13.3 Å². The summed E-state index contributed by atoms with van der Waals surface area (Å²) in [4.78, 5) is 0. The van der Waals surface area contributed by atoms with Crippen molar-refractivity contribution in [3.63, 3.8) is 0 Å². The Balaban J connectivity index is 5.96. The molecule has 0 fully saturated rings. The largest absolute Gasteiger partial charge is 0.559 e. The quantitative estimate of drug-likeness (QED) is 0.587. The first-order valence-electron chi connectivity index (χ1n) is 3.91. The van der Waals surface area contributed by atoms with Crippen molar-refractivity contribution in [1.82, 2.24) is 0 Å². The summed E-state index contributed by atoms with van der Waals surface area (Å²) in [6.45, 7) is 0. The van der Waals surface area contributed by atoms with Gasteiger partial charge in [-0.05, 0) is 0 Å². The fourth-order valence-electron chi connectivity index (χ4n) is 1.18. The Hall–Kier alpha value is -0.393. The van der Waals surface area contributed by atoms with E-state index < -0.39 is 26.4 Å². The van der Waals surface area contributed by atoms with Crippen molar-refractivity contribution in [2.24, 2.45) is 0 Å². The number of rotatable bonds is 4. The Morgan fingerprint density at radius 2 is 0.882 bits per heavy atom. The van der Waals surface area contributed by atoms with Gasteiger partial charge in [0.25, 0.3) is 0 Å². The molecule has 0 bridgehead atoms. The van der Waals surface area contributed by atoms with Gasteiger partial charge in [-0.3, -0.25) is 0 Å². The molecular weight excluding hydrogens is 281 g/mol. The van der Waals surface area contributed by atoms with E-state index in [4.69, 9.17) is 0 Å². The van der Waals surface area contributed by atoms with Gasteiger partial charge in [0.15, 0.2) is 0 Å². The van der Waals surface area contributed by atoms with Crippen LogP contribution in [0.15, 0.2) is 0 Å². The van der Waals surface area contributed by atoms with Crippen LogP contribution in [-0.2, 0) is 13.3 Å². The first-order valence-corrected chi connectivity index (χ1v) is 5.63. The van der Waals surface area contributed by atoms with Crippen molar-refractivity contribution < 1.29 is 44.0 Å². The second-order valence-electron chi connectivity index (χ2n) is 2.82. The number of hydrogen-bond donors (Lipinski definition) is 0. The lowest BCUT2D eigenvalue weighted by Gasteiger charge is -2.39. The van der Waals surface area contributed by atoms with E-state index in [1.54, 1.807) is 0 Å². The van der Waals surface area contributed by atoms with Crippen LogP contribution in [0.3, 0.4) is 0 Å². The van der Waals surface area contributed by atoms with Gasteiger partial charge in [0.2, 0.25) is 0 Å². The average Bonchev–Trinajstić information content (AvgIpc) is 2.17. The van der Waals surface area contributed by atoms with Gasteiger partial charge in [0.1, 0.15) is 0 Å². The summed E-state index contributed by atoms with van der Waals surface area (Å²) in [6.07, 6.45) is -12.6. The Bertz CT molecular complexity index is 237. The highest BCUT2D eigenvalue weighted by molar-refractivity contribution is 6.64. The third-order valence-electron chi connectivity index (χ3n) is 2.01. The second-order valence-corrected chi connectivity index (χ2v) is 5.85. The summed E-state index contributed by atoms with van der Waals surface area (Å²) >= 11 is 0. The summed E-state index contributed by atoms with van der Waals surface area (Å²) in [5.74, 6) is 0. The third kappa shape index (κ3) is 2.28. The second kappa shape index (κ2) is 4.70. The summed E-state index contributed by atoms with van der Waals surface area (Å²) in [7, 11) is -4.31.